The number of epoxide rings is 2. The van der Waals surface area contributed by atoms with Crippen molar-refractivity contribution in [3.63, 3.8) is 0 Å². The van der Waals surface area contributed by atoms with E-state index in [0.29, 0.717) is 0 Å². The minimum Gasteiger partial charge on any atom is -0.369 e. The second kappa shape index (κ2) is 3.10. The highest BCUT2D eigenvalue weighted by Crippen LogP contribution is 2.67. The van der Waals surface area contributed by atoms with Crippen LogP contribution in [-0.2, 0) is 9.47 Å². The first-order valence-electron chi connectivity index (χ1n) is 7.45. The molecule has 0 aromatic rings. The molecule has 0 radical (unpaired) electrons. The fourth-order valence-corrected chi connectivity index (χ4v) is 5.36. The third kappa shape index (κ3) is 1.04. The van der Waals surface area contributed by atoms with Crippen molar-refractivity contribution in [2.45, 2.75) is 36.9 Å². The fraction of sp³-hybridized carbons (Fsp3) is 0.750. The number of allylic oxidation sites excluding steroid dienone is 4. The second-order valence-electron chi connectivity index (χ2n) is 6.80. The molecular weight excluding hydrogens is 224 g/mol. The summed E-state index contributed by atoms with van der Waals surface area (Å²) in [4.78, 5) is 0. The van der Waals surface area contributed by atoms with Gasteiger partial charge in [0.2, 0.25) is 0 Å². The summed E-state index contributed by atoms with van der Waals surface area (Å²) in [5.41, 5.74) is 0.449. The van der Waals surface area contributed by atoms with E-state index in [9.17, 15) is 0 Å². The number of hydrogen-bond donors (Lipinski definition) is 0. The molecule has 0 amide bonds. The van der Waals surface area contributed by atoms with Crippen molar-refractivity contribution >= 4 is 0 Å². The first kappa shape index (κ1) is 10.2. The molecule has 1 saturated carbocycles. The first-order chi connectivity index (χ1) is 8.87. The molecule has 3 fully saturated rings. The van der Waals surface area contributed by atoms with Crippen LogP contribution in [-0.4, -0.2) is 24.4 Å². The minimum atomic E-state index is 0.224. The molecule has 18 heavy (non-hydrogen) atoms. The molecule has 5 aliphatic rings. The van der Waals surface area contributed by atoms with Crippen molar-refractivity contribution in [3.8, 4) is 0 Å². The van der Waals surface area contributed by atoms with Gasteiger partial charge in [-0.15, -0.1) is 0 Å². The molecule has 96 valence electrons. The molecule has 2 heterocycles. The van der Waals surface area contributed by atoms with Gasteiger partial charge in [-0.25, -0.2) is 0 Å². The Morgan fingerprint density at radius 1 is 0.611 bits per heavy atom. The molecular formula is C16H20O2. The van der Waals surface area contributed by atoms with E-state index in [1.807, 2.05) is 0 Å². The lowest BCUT2D eigenvalue weighted by atomic mass is 9.52. The molecule has 2 aliphatic heterocycles. The van der Waals surface area contributed by atoms with Gasteiger partial charge in [-0.3, -0.25) is 0 Å². The zero-order valence-electron chi connectivity index (χ0n) is 10.7. The van der Waals surface area contributed by atoms with Crippen molar-refractivity contribution in [1.29, 1.82) is 0 Å². The molecule has 3 aliphatic carbocycles. The van der Waals surface area contributed by atoms with Gasteiger partial charge < -0.3 is 9.47 Å². The Morgan fingerprint density at radius 2 is 0.889 bits per heavy atom. The maximum Gasteiger partial charge on any atom is 0.0986 e. The predicted molar refractivity (Wildman–Crippen MR) is 68.1 cm³/mol. The third-order valence-electron chi connectivity index (χ3n) is 6.33. The fourth-order valence-electron chi connectivity index (χ4n) is 5.36. The molecule has 2 saturated heterocycles. The molecule has 2 nitrogen and oxygen atoms in total. The molecule has 0 aromatic heterocycles. The quantitative estimate of drug-likeness (QED) is 0.483. The zero-order chi connectivity index (χ0) is 11.8. The molecule has 2 heteroatoms. The van der Waals surface area contributed by atoms with Crippen molar-refractivity contribution in [2.24, 2.45) is 23.7 Å². The average molecular weight is 244 g/mol. The Balaban J connectivity index is 1.63. The highest BCUT2D eigenvalue weighted by molar-refractivity contribution is 5.26. The number of rotatable bonds is 0. The van der Waals surface area contributed by atoms with Crippen molar-refractivity contribution in [3.05, 3.63) is 24.3 Å². The van der Waals surface area contributed by atoms with E-state index in [0.717, 1.165) is 36.9 Å². The maximum atomic E-state index is 6.07. The standard InChI is InChI=1S/C16H20O2/c1-2-6-12-11(5-1)15(9-17-15)13-7-3-4-8-14(13)16(12)10-18-16/h1-4,11-14H,5-10H2/t11-,12-,13+,14+,15?,16?. The topological polar surface area (TPSA) is 25.1 Å². The summed E-state index contributed by atoms with van der Waals surface area (Å²) in [7, 11) is 0. The van der Waals surface area contributed by atoms with E-state index in [-0.39, 0.29) is 11.2 Å². The molecule has 6 atom stereocenters. The van der Waals surface area contributed by atoms with Crippen molar-refractivity contribution in [2.75, 3.05) is 13.2 Å². The van der Waals surface area contributed by atoms with Crippen LogP contribution in [0.15, 0.2) is 24.3 Å². The van der Waals surface area contributed by atoms with E-state index in [1.54, 1.807) is 0 Å². The summed E-state index contributed by atoms with van der Waals surface area (Å²) >= 11 is 0. The maximum absolute atomic E-state index is 6.07. The SMILES string of the molecule is C1=CC[C@@H]2[C@@H](C1)C1(CO1)[C@H]1CC=CC[C@@H]1C21CO1. The summed E-state index contributed by atoms with van der Waals surface area (Å²) in [6, 6.07) is 0. The Kier molecular flexibility index (Phi) is 1.76. The summed E-state index contributed by atoms with van der Waals surface area (Å²) in [6.07, 6.45) is 14.3. The van der Waals surface area contributed by atoms with Gasteiger partial charge in [0.15, 0.2) is 0 Å². The van der Waals surface area contributed by atoms with Gasteiger partial charge in [-0.2, -0.15) is 0 Å². The van der Waals surface area contributed by atoms with Crippen LogP contribution in [0.25, 0.3) is 0 Å². The van der Waals surface area contributed by atoms with Crippen LogP contribution in [0.4, 0.5) is 0 Å². The van der Waals surface area contributed by atoms with Crippen LogP contribution in [0, 0.1) is 23.7 Å². The second-order valence-corrected chi connectivity index (χ2v) is 6.80. The van der Waals surface area contributed by atoms with E-state index < -0.39 is 0 Å². The summed E-state index contributed by atoms with van der Waals surface area (Å²) in [6.45, 7) is 2.01. The van der Waals surface area contributed by atoms with Gasteiger partial charge >= 0.3 is 0 Å². The highest BCUT2D eigenvalue weighted by Gasteiger charge is 2.74. The number of fused-ring (bicyclic) bond motifs is 6. The molecule has 0 N–H and O–H groups in total. The Morgan fingerprint density at radius 3 is 1.11 bits per heavy atom. The monoisotopic (exact) mass is 244 g/mol. The van der Waals surface area contributed by atoms with E-state index in [2.05, 4.69) is 24.3 Å². The van der Waals surface area contributed by atoms with Crippen LogP contribution in [0.2, 0.25) is 0 Å². The lowest BCUT2D eigenvalue weighted by Crippen LogP contribution is -2.57. The molecule has 0 bridgehead atoms. The summed E-state index contributed by atoms with van der Waals surface area (Å²) in [5, 5.41) is 0. The van der Waals surface area contributed by atoms with Gasteiger partial charge in [0.1, 0.15) is 0 Å². The number of ether oxygens (including phenoxy) is 2. The predicted octanol–water partition coefficient (Wildman–Crippen LogP) is 2.70. The smallest absolute Gasteiger partial charge is 0.0986 e. The normalized spacial score (nSPS) is 59.6. The van der Waals surface area contributed by atoms with Crippen LogP contribution in [0.3, 0.4) is 0 Å². The van der Waals surface area contributed by atoms with E-state index in [4.69, 9.17) is 9.47 Å². The first-order valence-corrected chi connectivity index (χ1v) is 7.45. The van der Waals surface area contributed by atoms with E-state index >= 15 is 0 Å². The van der Waals surface area contributed by atoms with Crippen LogP contribution in [0.5, 0.6) is 0 Å². The Labute approximate surface area is 108 Å². The zero-order valence-corrected chi connectivity index (χ0v) is 10.7. The number of hydrogen-bond acceptors (Lipinski definition) is 2. The van der Waals surface area contributed by atoms with Gasteiger partial charge in [0, 0.05) is 0 Å². The lowest BCUT2D eigenvalue weighted by molar-refractivity contribution is -0.0615. The van der Waals surface area contributed by atoms with Gasteiger partial charge in [0.25, 0.3) is 0 Å². The molecule has 2 spiro atoms. The molecule has 0 aromatic carbocycles. The molecule has 5 rings (SSSR count). The van der Waals surface area contributed by atoms with Gasteiger partial charge in [0.05, 0.1) is 24.4 Å². The van der Waals surface area contributed by atoms with Gasteiger partial charge in [-0.05, 0) is 49.4 Å². The lowest BCUT2D eigenvalue weighted by Gasteiger charge is -2.52. The van der Waals surface area contributed by atoms with Crippen LogP contribution >= 0.6 is 0 Å². The minimum absolute atomic E-state index is 0.224. The van der Waals surface area contributed by atoms with Crippen molar-refractivity contribution < 1.29 is 9.47 Å². The highest BCUT2D eigenvalue weighted by atomic mass is 16.6. The van der Waals surface area contributed by atoms with Crippen molar-refractivity contribution in [1.82, 2.24) is 0 Å². The Bertz CT molecular complexity index is 368. The molecule has 2 unspecified atom stereocenters. The summed E-state index contributed by atoms with van der Waals surface area (Å²) < 4.78 is 12.1. The largest absolute Gasteiger partial charge is 0.369 e. The third-order valence-corrected chi connectivity index (χ3v) is 6.33. The Hall–Kier alpha value is -0.600. The average Bonchev–Trinajstić information content (AvgIpc) is 3.32. The summed E-state index contributed by atoms with van der Waals surface area (Å²) in [5.74, 6) is 2.88. The van der Waals surface area contributed by atoms with Crippen LogP contribution < -0.4 is 0 Å². The van der Waals surface area contributed by atoms with Gasteiger partial charge in [-0.1, -0.05) is 24.3 Å². The van der Waals surface area contributed by atoms with Crippen LogP contribution in [0.1, 0.15) is 25.7 Å². The van der Waals surface area contributed by atoms with E-state index in [1.165, 1.54) is 25.7 Å².